The Morgan fingerprint density at radius 1 is 1.22 bits per heavy atom. The number of hydrogen-bond donors (Lipinski definition) is 1. The third-order valence-electron chi connectivity index (χ3n) is 4.55. The molecule has 1 aliphatic rings. The van der Waals surface area contributed by atoms with Crippen LogP contribution in [0.25, 0.3) is 0 Å². The third kappa shape index (κ3) is 6.32. The van der Waals surface area contributed by atoms with Gasteiger partial charge in [0.2, 0.25) is 0 Å². The maximum atomic E-state index is 12.1. The van der Waals surface area contributed by atoms with E-state index >= 15 is 0 Å². The van der Waals surface area contributed by atoms with Crippen molar-refractivity contribution in [3.63, 3.8) is 0 Å². The number of guanidine groups is 1. The fourth-order valence-electron chi connectivity index (χ4n) is 2.89. The van der Waals surface area contributed by atoms with Crippen molar-refractivity contribution in [1.82, 2.24) is 10.2 Å². The number of hydrogen-bond acceptors (Lipinski definition) is 3. The van der Waals surface area contributed by atoms with Gasteiger partial charge < -0.3 is 10.2 Å². The summed E-state index contributed by atoms with van der Waals surface area (Å²) >= 11 is 0. The second-order valence-corrected chi connectivity index (χ2v) is 10.3. The molecule has 0 spiro atoms. The summed E-state index contributed by atoms with van der Waals surface area (Å²) < 4.78 is 23.5. The highest BCUT2D eigenvalue weighted by Crippen LogP contribution is 2.23. The summed E-state index contributed by atoms with van der Waals surface area (Å²) in [5.74, 6) is 1.83. The number of aliphatic imine (C=N–C) groups is 1. The molecule has 136 valence electrons. The van der Waals surface area contributed by atoms with Gasteiger partial charge in [-0.05, 0) is 26.2 Å². The first-order chi connectivity index (χ1) is 10.7. The minimum absolute atomic E-state index is 0.204. The van der Waals surface area contributed by atoms with E-state index < -0.39 is 14.6 Å². The summed E-state index contributed by atoms with van der Waals surface area (Å²) in [6.07, 6.45) is 6.27. The SMILES string of the molecule is CN=C(NCCCCCCC(C)C)N1CCS(=O)(=O)C(C)(C)C1. The van der Waals surface area contributed by atoms with Crippen LogP contribution in [0.2, 0.25) is 0 Å². The molecule has 1 heterocycles. The van der Waals surface area contributed by atoms with Crippen molar-refractivity contribution in [2.24, 2.45) is 10.9 Å². The van der Waals surface area contributed by atoms with Crippen molar-refractivity contribution >= 4 is 15.8 Å². The third-order valence-corrected chi connectivity index (χ3v) is 7.08. The van der Waals surface area contributed by atoms with Gasteiger partial charge in [-0.15, -0.1) is 0 Å². The van der Waals surface area contributed by atoms with Gasteiger partial charge in [0, 0.05) is 26.7 Å². The quantitative estimate of drug-likeness (QED) is 0.438. The number of unbranched alkanes of at least 4 members (excludes halogenated alkanes) is 3. The molecular formula is C17H35N3O2S. The van der Waals surface area contributed by atoms with Crippen molar-refractivity contribution in [3.05, 3.63) is 0 Å². The Morgan fingerprint density at radius 2 is 1.87 bits per heavy atom. The molecule has 0 saturated carbocycles. The highest BCUT2D eigenvalue weighted by Gasteiger charge is 2.40. The predicted molar refractivity (Wildman–Crippen MR) is 98.7 cm³/mol. The van der Waals surface area contributed by atoms with Crippen molar-refractivity contribution in [3.8, 4) is 0 Å². The molecule has 0 aromatic carbocycles. The maximum absolute atomic E-state index is 12.1. The molecule has 6 heteroatoms. The molecule has 0 amide bonds. The van der Waals surface area contributed by atoms with Crippen LogP contribution in [-0.2, 0) is 9.84 Å². The fourth-order valence-corrected chi connectivity index (χ4v) is 4.25. The largest absolute Gasteiger partial charge is 0.356 e. The zero-order valence-electron chi connectivity index (χ0n) is 15.6. The van der Waals surface area contributed by atoms with Gasteiger partial charge >= 0.3 is 0 Å². The van der Waals surface area contributed by atoms with E-state index in [1.54, 1.807) is 20.9 Å². The van der Waals surface area contributed by atoms with Crippen LogP contribution in [0.15, 0.2) is 4.99 Å². The Kier molecular flexibility index (Phi) is 7.84. The molecule has 1 fully saturated rings. The summed E-state index contributed by atoms with van der Waals surface area (Å²) in [7, 11) is -1.24. The lowest BCUT2D eigenvalue weighted by atomic mass is 10.0. The topological polar surface area (TPSA) is 61.8 Å². The zero-order chi connectivity index (χ0) is 17.5. The second-order valence-electron chi connectivity index (χ2n) is 7.57. The molecule has 0 atom stereocenters. The van der Waals surface area contributed by atoms with Gasteiger partial charge in [-0.3, -0.25) is 4.99 Å². The lowest BCUT2D eigenvalue weighted by Gasteiger charge is -2.39. The van der Waals surface area contributed by atoms with Crippen molar-refractivity contribution in [2.75, 3.05) is 32.4 Å². The average molecular weight is 346 g/mol. The number of rotatable bonds is 7. The van der Waals surface area contributed by atoms with Gasteiger partial charge in [-0.2, -0.15) is 0 Å². The Labute approximate surface area is 142 Å². The van der Waals surface area contributed by atoms with E-state index in [4.69, 9.17) is 0 Å². The summed E-state index contributed by atoms with van der Waals surface area (Å²) in [5, 5.41) is 3.39. The van der Waals surface area contributed by atoms with Gasteiger partial charge in [0.05, 0.1) is 10.5 Å². The molecule has 1 N–H and O–H groups in total. The molecule has 1 aliphatic heterocycles. The van der Waals surface area contributed by atoms with E-state index in [9.17, 15) is 8.42 Å². The molecule has 0 aromatic heterocycles. The first-order valence-electron chi connectivity index (χ1n) is 8.87. The van der Waals surface area contributed by atoms with Gasteiger partial charge in [0.1, 0.15) is 0 Å². The minimum atomic E-state index is -3.00. The van der Waals surface area contributed by atoms with Gasteiger partial charge in [0.15, 0.2) is 15.8 Å². The van der Waals surface area contributed by atoms with E-state index in [1.807, 2.05) is 0 Å². The number of nitrogens with zero attached hydrogens (tertiary/aromatic N) is 2. The van der Waals surface area contributed by atoms with E-state index in [0.717, 1.165) is 24.8 Å². The van der Waals surface area contributed by atoms with Crippen molar-refractivity contribution in [2.45, 2.75) is 64.5 Å². The Bertz CT molecular complexity index is 484. The number of nitrogens with one attached hydrogen (secondary N) is 1. The Hall–Kier alpha value is -0.780. The van der Waals surface area contributed by atoms with E-state index in [2.05, 4.69) is 29.1 Å². The highest BCUT2D eigenvalue weighted by atomic mass is 32.2. The predicted octanol–water partition coefficient (Wildman–Crippen LogP) is 2.68. The normalized spacial score (nSPS) is 20.8. The van der Waals surface area contributed by atoms with Crippen LogP contribution < -0.4 is 5.32 Å². The number of sulfone groups is 1. The summed E-state index contributed by atoms with van der Waals surface area (Å²) in [5.41, 5.74) is 0. The van der Waals surface area contributed by atoms with Gasteiger partial charge in [-0.25, -0.2) is 8.42 Å². The molecule has 23 heavy (non-hydrogen) atoms. The Morgan fingerprint density at radius 3 is 2.43 bits per heavy atom. The smallest absolute Gasteiger partial charge is 0.193 e. The average Bonchev–Trinajstić information content (AvgIpc) is 2.45. The second kappa shape index (κ2) is 8.90. The van der Waals surface area contributed by atoms with Crippen LogP contribution in [0.3, 0.4) is 0 Å². The lowest BCUT2D eigenvalue weighted by Crippen LogP contribution is -2.57. The van der Waals surface area contributed by atoms with E-state index in [0.29, 0.717) is 13.1 Å². The van der Waals surface area contributed by atoms with Gasteiger partial charge in [0.25, 0.3) is 0 Å². The standard InChI is InChI=1S/C17H35N3O2S/c1-15(2)10-8-6-7-9-11-19-16(18-5)20-12-13-23(21,22)17(3,4)14-20/h15H,6-14H2,1-5H3,(H,18,19). The monoisotopic (exact) mass is 345 g/mol. The highest BCUT2D eigenvalue weighted by molar-refractivity contribution is 7.92. The molecular weight excluding hydrogens is 310 g/mol. The van der Waals surface area contributed by atoms with Crippen LogP contribution in [0.4, 0.5) is 0 Å². The fraction of sp³-hybridized carbons (Fsp3) is 0.941. The Balaban J connectivity index is 2.33. The van der Waals surface area contributed by atoms with E-state index in [1.165, 1.54) is 25.7 Å². The van der Waals surface area contributed by atoms with Crippen LogP contribution in [0, 0.1) is 5.92 Å². The molecule has 0 bridgehead atoms. The molecule has 0 aromatic rings. The molecule has 5 nitrogen and oxygen atoms in total. The maximum Gasteiger partial charge on any atom is 0.193 e. The first kappa shape index (κ1) is 20.3. The van der Waals surface area contributed by atoms with Crippen molar-refractivity contribution < 1.29 is 8.42 Å². The summed E-state index contributed by atoms with van der Waals surface area (Å²) in [6, 6.07) is 0. The van der Waals surface area contributed by atoms with Crippen LogP contribution in [-0.4, -0.2) is 56.5 Å². The molecule has 1 rings (SSSR count). The van der Waals surface area contributed by atoms with E-state index in [-0.39, 0.29) is 5.75 Å². The lowest BCUT2D eigenvalue weighted by molar-refractivity contribution is 0.353. The summed E-state index contributed by atoms with van der Waals surface area (Å²) in [6.45, 7) is 10.1. The summed E-state index contributed by atoms with van der Waals surface area (Å²) in [4.78, 5) is 6.39. The minimum Gasteiger partial charge on any atom is -0.356 e. The molecule has 0 radical (unpaired) electrons. The first-order valence-corrected chi connectivity index (χ1v) is 10.5. The molecule has 0 aliphatic carbocycles. The van der Waals surface area contributed by atoms with Crippen LogP contribution in [0.1, 0.15) is 59.8 Å². The zero-order valence-corrected chi connectivity index (χ0v) is 16.4. The van der Waals surface area contributed by atoms with Crippen LogP contribution in [0.5, 0.6) is 0 Å². The van der Waals surface area contributed by atoms with Crippen LogP contribution >= 0.6 is 0 Å². The molecule has 1 saturated heterocycles. The molecule has 0 unspecified atom stereocenters. The van der Waals surface area contributed by atoms with Gasteiger partial charge in [-0.1, -0.05) is 39.5 Å². The van der Waals surface area contributed by atoms with Crippen molar-refractivity contribution in [1.29, 1.82) is 0 Å².